The monoisotopic (exact) mass is 443 g/mol. The van der Waals surface area contributed by atoms with Gasteiger partial charge in [-0.2, -0.15) is 0 Å². The van der Waals surface area contributed by atoms with Crippen molar-refractivity contribution >= 4 is 23.5 Å². The van der Waals surface area contributed by atoms with Crippen molar-refractivity contribution < 1.29 is 14.3 Å². The number of piperazine rings is 1. The fourth-order valence-corrected chi connectivity index (χ4v) is 4.96. The Hall–Kier alpha value is -2.52. The number of likely N-dealkylation sites (tertiary alicyclic amines) is 1. The summed E-state index contributed by atoms with van der Waals surface area (Å²) in [4.78, 5) is 30.6. The quantitative estimate of drug-likeness (QED) is 0.706. The van der Waals surface area contributed by atoms with Crippen LogP contribution >= 0.6 is 11.5 Å². The van der Waals surface area contributed by atoms with Crippen LogP contribution in [0, 0.1) is 6.92 Å². The van der Waals surface area contributed by atoms with Crippen molar-refractivity contribution in [3.63, 3.8) is 0 Å². The first kappa shape index (κ1) is 21.7. The fourth-order valence-electron chi connectivity index (χ4n) is 4.44. The van der Waals surface area contributed by atoms with E-state index in [-0.39, 0.29) is 23.8 Å². The van der Waals surface area contributed by atoms with Crippen LogP contribution < -0.4 is 0 Å². The van der Waals surface area contributed by atoms with Gasteiger partial charge < -0.3 is 14.5 Å². The van der Waals surface area contributed by atoms with Crippen molar-refractivity contribution in [1.29, 1.82) is 0 Å². The predicted molar refractivity (Wildman–Crippen MR) is 118 cm³/mol. The van der Waals surface area contributed by atoms with Gasteiger partial charge in [0.1, 0.15) is 0 Å². The SMILES string of the molecule is CCOC(=O)N1CCN(C(=O)CN2C[C@@H](c3ccc(C)cc3)[C@H](c3csnn3)C2)CC1. The largest absolute Gasteiger partial charge is 0.450 e. The first-order valence-electron chi connectivity index (χ1n) is 10.8. The molecule has 0 saturated carbocycles. The molecule has 2 aliphatic heterocycles. The van der Waals surface area contributed by atoms with E-state index in [1.807, 2.05) is 10.3 Å². The molecule has 1 aromatic carbocycles. The van der Waals surface area contributed by atoms with Crippen LogP contribution in [0.3, 0.4) is 0 Å². The van der Waals surface area contributed by atoms with E-state index < -0.39 is 0 Å². The summed E-state index contributed by atoms with van der Waals surface area (Å²) < 4.78 is 9.12. The number of ether oxygens (including phenoxy) is 1. The molecular weight excluding hydrogens is 414 g/mol. The van der Waals surface area contributed by atoms with Gasteiger partial charge in [-0.25, -0.2) is 4.79 Å². The van der Waals surface area contributed by atoms with E-state index in [1.165, 1.54) is 22.7 Å². The Morgan fingerprint density at radius 3 is 2.39 bits per heavy atom. The lowest BCUT2D eigenvalue weighted by atomic mass is 9.87. The predicted octanol–water partition coefficient (Wildman–Crippen LogP) is 2.33. The molecule has 1 aromatic heterocycles. The number of rotatable bonds is 5. The summed E-state index contributed by atoms with van der Waals surface area (Å²) in [6.07, 6.45) is -0.296. The third-order valence-electron chi connectivity index (χ3n) is 6.18. The number of aryl methyl sites for hydroxylation is 1. The highest BCUT2D eigenvalue weighted by Crippen LogP contribution is 2.39. The molecule has 2 amide bonds. The zero-order valence-electron chi connectivity index (χ0n) is 18.1. The minimum absolute atomic E-state index is 0.114. The summed E-state index contributed by atoms with van der Waals surface area (Å²) in [7, 11) is 0. The average Bonchev–Trinajstić information content (AvgIpc) is 3.44. The number of aromatic nitrogens is 2. The summed E-state index contributed by atoms with van der Waals surface area (Å²) in [6.45, 7) is 8.38. The second-order valence-corrected chi connectivity index (χ2v) is 8.82. The van der Waals surface area contributed by atoms with Gasteiger partial charge in [-0.05, 0) is 30.9 Å². The van der Waals surface area contributed by atoms with Crippen LogP contribution in [-0.2, 0) is 9.53 Å². The topological polar surface area (TPSA) is 78.9 Å². The van der Waals surface area contributed by atoms with Crippen LogP contribution in [-0.4, -0.2) is 88.7 Å². The maximum Gasteiger partial charge on any atom is 0.409 e. The fraction of sp³-hybridized carbons (Fsp3) is 0.545. The Bertz CT molecular complexity index is 881. The highest BCUT2D eigenvalue weighted by molar-refractivity contribution is 7.03. The number of benzene rings is 1. The molecule has 0 bridgehead atoms. The molecule has 0 unspecified atom stereocenters. The Morgan fingerprint density at radius 1 is 1.06 bits per heavy atom. The van der Waals surface area contributed by atoms with E-state index in [2.05, 4.69) is 45.7 Å². The van der Waals surface area contributed by atoms with Crippen LogP contribution in [0.1, 0.15) is 35.6 Å². The number of hydrogen-bond donors (Lipinski definition) is 0. The second-order valence-electron chi connectivity index (χ2n) is 8.21. The Labute approximate surface area is 186 Å². The number of hydrogen-bond acceptors (Lipinski definition) is 7. The molecule has 0 radical (unpaired) electrons. The molecule has 9 heteroatoms. The Balaban J connectivity index is 1.38. The third-order valence-corrected chi connectivity index (χ3v) is 6.70. The van der Waals surface area contributed by atoms with Gasteiger partial charge >= 0.3 is 6.09 Å². The lowest BCUT2D eigenvalue weighted by Gasteiger charge is -2.34. The van der Waals surface area contributed by atoms with Crippen LogP contribution in [0.4, 0.5) is 4.79 Å². The standard InChI is InChI=1S/C22H29N5O3S/c1-3-30-22(29)27-10-8-26(9-11-27)21(28)14-25-12-18(17-6-4-16(2)5-7-17)19(13-25)20-15-31-24-23-20/h4-7,15,18-19H,3,8-14H2,1-2H3/t18-,19+/m0/s1. The third kappa shape index (κ3) is 5.04. The van der Waals surface area contributed by atoms with Crippen LogP contribution in [0.15, 0.2) is 29.6 Å². The molecule has 4 rings (SSSR count). The highest BCUT2D eigenvalue weighted by atomic mass is 32.1. The molecule has 0 spiro atoms. The number of carbonyl (C=O) groups excluding carboxylic acids is 2. The van der Waals surface area contributed by atoms with E-state index in [1.54, 1.807) is 11.8 Å². The summed E-state index contributed by atoms with van der Waals surface area (Å²) in [5.74, 6) is 0.635. The van der Waals surface area contributed by atoms with Crippen LogP contribution in [0.2, 0.25) is 0 Å². The minimum atomic E-state index is -0.296. The zero-order chi connectivity index (χ0) is 21.8. The Morgan fingerprint density at radius 2 is 1.74 bits per heavy atom. The van der Waals surface area contributed by atoms with Crippen LogP contribution in [0.25, 0.3) is 0 Å². The van der Waals surface area contributed by atoms with Gasteiger partial charge in [0.05, 0.1) is 18.8 Å². The van der Waals surface area contributed by atoms with Crippen LogP contribution in [0.5, 0.6) is 0 Å². The molecule has 2 fully saturated rings. The summed E-state index contributed by atoms with van der Waals surface area (Å²) in [5, 5.41) is 6.35. The molecule has 2 aliphatic rings. The molecule has 2 saturated heterocycles. The summed E-state index contributed by atoms with van der Waals surface area (Å²) >= 11 is 1.37. The van der Waals surface area contributed by atoms with E-state index in [0.717, 1.165) is 18.8 Å². The zero-order valence-corrected chi connectivity index (χ0v) is 18.9. The highest BCUT2D eigenvalue weighted by Gasteiger charge is 2.37. The van der Waals surface area contributed by atoms with Crippen molar-refractivity contribution in [2.75, 3.05) is 52.4 Å². The molecule has 31 heavy (non-hydrogen) atoms. The molecule has 0 N–H and O–H groups in total. The van der Waals surface area contributed by atoms with Gasteiger partial charge in [0.2, 0.25) is 5.91 Å². The smallest absolute Gasteiger partial charge is 0.409 e. The molecule has 166 valence electrons. The van der Waals surface area contributed by atoms with Crippen molar-refractivity contribution in [2.45, 2.75) is 25.7 Å². The van der Waals surface area contributed by atoms with E-state index in [4.69, 9.17) is 4.74 Å². The van der Waals surface area contributed by atoms with Gasteiger partial charge in [-0.1, -0.05) is 34.3 Å². The van der Waals surface area contributed by atoms with Gasteiger partial charge in [-0.15, -0.1) is 5.10 Å². The van der Waals surface area contributed by atoms with Gasteiger partial charge in [0.15, 0.2) is 0 Å². The van der Waals surface area contributed by atoms with Gasteiger partial charge in [0.25, 0.3) is 0 Å². The first-order chi connectivity index (χ1) is 15.0. The molecule has 2 atom stereocenters. The molecular formula is C22H29N5O3S. The van der Waals surface area contributed by atoms with Crippen molar-refractivity contribution in [3.05, 3.63) is 46.5 Å². The maximum absolute atomic E-state index is 13.0. The van der Waals surface area contributed by atoms with Crippen molar-refractivity contribution in [2.24, 2.45) is 0 Å². The average molecular weight is 444 g/mol. The van der Waals surface area contributed by atoms with E-state index >= 15 is 0 Å². The number of carbonyl (C=O) groups is 2. The minimum Gasteiger partial charge on any atom is -0.450 e. The number of nitrogens with zero attached hydrogens (tertiary/aromatic N) is 5. The number of amides is 2. The lowest BCUT2D eigenvalue weighted by molar-refractivity contribution is -0.133. The van der Waals surface area contributed by atoms with Gasteiger partial charge in [-0.3, -0.25) is 9.69 Å². The molecule has 3 heterocycles. The van der Waals surface area contributed by atoms with Crippen molar-refractivity contribution in [3.8, 4) is 0 Å². The first-order valence-corrected chi connectivity index (χ1v) is 11.6. The van der Waals surface area contributed by atoms with Gasteiger partial charge in [0, 0.05) is 56.5 Å². The molecule has 0 aliphatic carbocycles. The molecule has 8 nitrogen and oxygen atoms in total. The van der Waals surface area contributed by atoms with E-state index in [0.29, 0.717) is 39.3 Å². The summed E-state index contributed by atoms with van der Waals surface area (Å²) in [5.41, 5.74) is 3.53. The second kappa shape index (κ2) is 9.74. The normalized spacial score (nSPS) is 22.0. The van der Waals surface area contributed by atoms with Crippen molar-refractivity contribution in [1.82, 2.24) is 24.3 Å². The molecule has 2 aromatic rings. The summed E-state index contributed by atoms with van der Waals surface area (Å²) in [6, 6.07) is 8.66. The van der Waals surface area contributed by atoms with E-state index in [9.17, 15) is 9.59 Å². The maximum atomic E-state index is 13.0. The lowest BCUT2D eigenvalue weighted by Crippen LogP contribution is -2.52. The Kier molecular flexibility index (Phi) is 6.82.